The molecule has 1 aromatic rings. The minimum atomic E-state index is -0.608. The Morgan fingerprint density at radius 3 is 2.48 bits per heavy atom. The highest BCUT2D eigenvalue weighted by Gasteiger charge is 2.28. The highest BCUT2D eigenvalue weighted by atomic mass is 16.5. The smallest absolute Gasteiger partial charge is 0.240 e. The van der Waals surface area contributed by atoms with Gasteiger partial charge in [-0.3, -0.25) is 4.79 Å². The predicted octanol–water partition coefficient (Wildman–Crippen LogP) is 2.27. The summed E-state index contributed by atoms with van der Waals surface area (Å²) in [5, 5.41) is 6.17. The minimum Gasteiger partial charge on any atom is -0.497 e. The number of benzene rings is 1. The number of likely N-dealkylation sites (N-methyl/N-ethyl adjacent to an activating group) is 1. The van der Waals surface area contributed by atoms with Crippen LogP contribution in [0.25, 0.3) is 0 Å². The molecule has 2 N–H and O–H groups in total. The summed E-state index contributed by atoms with van der Waals surface area (Å²) in [4.78, 5) is 12.3. The summed E-state index contributed by atoms with van der Waals surface area (Å²) in [6.07, 6.45) is 0. The van der Waals surface area contributed by atoms with Crippen LogP contribution in [0.15, 0.2) is 18.2 Å². The average molecular weight is 294 g/mol. The van der Waals surface area contributed by atoms with Crippen LogP contribution in [0, 0.1) is 0 Å². The van der Waals surface area contributed by atoms with Gasteiger partial charge in [-0.05, 0) is 39.4 Å². The van der Waals surface area contributed by atoms with E-state index in [1.54, 1.807) is 14.2 Å². The van der Waals surface area contributed by atoms with E-state index in [4.69, 9.17) is 9.47 Å². The molecule has 0 aliphatic carbocycles. The summed E-state index contributed by atoms with van der Waals surface area (Å²) in [6.45, 7) is 8.38. The van der Waals surface area contributed by atoms with Crippen molar-refractivity contribution in [2.75, 3.05) is 20.8 Å². The predicted molar refractivity (Wildman–Crippen MR) is 83.9 cm³/mol. The molecule has 0 fully saturated rings. The zero-order valence-electron chi connectivity index (χ0n) is 13.7. The van der Waals surface area contributed by atoms with E-state index in [1.165, 1.54) is 0 Å². The molecule has 0 saturated carbocycles. The fraction of sp³-hybridized carbons (Fsp3) is 0.562. The van der Waals surface area contributed by atoms with Gasteiger partial charge in [0, 0.05) is 11.6 Å². The van der Waals surface area contributed by atoms with Gasteiger partial charge in [-0.15, -0.1) is 0 Å². The highest BCUT2D eigenvalue weighted by molar-refractivity contribution is 5.85. The van der Waals surface area contributed by atoms with Crippen LogP contribution in [0.1, 0.15) is 39.3 Å². The molecule has 1 rings (SSSR count). The van der Waals surface area contributed by atoms with Gasteiger partial charge in [0.15, 0.2) is 0 Å². The Hall–Kier alpha value is -1.75. The van der Waals surface area contributed by atoms with Crippen LogP contribution >= 0.6 is 0 Å². The maximum Gasteiger partial charge on any atom is 0.240 e. The number of carbonyl (C=O) groups is 1. The van der Waals surface area contributed by atoms with Gasteiger partial charge in [0.1, 0.15) is 11.5 Å². The third-order valence-corrected chi connectivity index (χ3v) is 3.44. The molecule has 21 heavy (non-hydrogen) atoms. The van der Waals surface area contributed by atoms with Crippen molar-refractivity contribution >= 4 is 5.91 Å². The Bertz CT molecular complexity index is 486. The number of carbonyl (C=O) groups excluding carboxylic acids is 1. The summed E-state index contributed by atoms with van der Waals surface area (Å²) in [5.41, 5.74) is 0.307. The minimum absolute atomic E-state index is 0.0466. The molecule has 5 nitrogen and oxygen atoms in total. The van der Waals surface area contributed by atoms with Crippen molar-refractivity contribution in [3.05, 3.63) is 23.8 Å². The van der Waals surface area contributed by atoms with E-state index in [0.717, 1.165) is 17.9 Å². The van der Waals surface area contributed by atoms with Gasteiger partial charge < -0.3 is 20.1 Å². The van der Waals surface area contributed by atoms with Crippen LogP contribution in [-0.4, -0.2) is 32.2 Å². The first-order valence-corrected chi connectivity index (χ1v) is 7.13. The van der Waals surface area contributed by atoms with E-state index >= 15 is 0 Å². The fourth-order valence-electron chi connectivity index (χ4n) is 2.15. The molecular formula is C16H26N2O3. The molecule has 1 amide bonds. The molecule has 0 aromatic heterocycles. The van der Waals surface area contributed by atoms with Crippen molar-refractivity contribution in [2.45, 2.75) is 39.3 Å². The molecule has 0 radical (unpaired) electrons. The van der Waals surface area contributed by atoms with E-state index < -0.39 is 5.54 Å². The Labute approximate surface area is 127 Å². The van der Waals surface area contributed by atoms with Gasteiger partial charge in [0.25, 0.3) is 0 Å². The average Bonchev–Trinajstić information content (AvgIpc) is 2.46. The van der Waals surface area contributed by atoms with Crippen molar-refractivity contribution in [1.29, 1.82) is 0 Å². The van der Waals surface area contributed by atoms with Crippen molar-refractivity contribution in [3.63, 3.8) is 0 Å². The van der Waals surface area contributed by atoms with Crippen LogP contribution < -0.4 is 20.1 Å². The Morgan fingerprint density at radius 2 is 1.95 bits per heavy atom. The maximum absolute atomic E-state index is 12.3. The molecule has 0 aliphatic rings. The van der Waals surface area contributed by atoms with Gasteiger partial charge in [0.2, 0.25) is 5.91 Å². The number of hydrogen-bond donors (Lipinski definition) is 2. The molecule has 1 aromatic carbocycles. The number of methoxy groups -OCH3 is 2. The second-order valence-electron chi connectivity index (χ2n) is 5.46. The SMILES string of the molecule is CCNC(C)(C)C(=O)NC(C)c1ccc(OC)cc1OC. The fourth-order valence-corrected chi connectivity index (χ4v) is 2.15. The largest absolute Gasteiger partial charge is 0.497 e. The summed E-state index contributed by atoms with van der Waals surface area (Å²) in [7, 11) is 3.22. The van der Waals surface area contributed by atoms with E-state index in [1.807, 2.05) is 45.9 Å². The highest BCUT2D eigenvalue weighted by Crippen LogP contribution is 2.29. The van der Waals surface area contributed by atoms with Gasteiger partial charge >= 0.3 is 0 Å². The second kappa shape index (κ2) is 7.31. The first-order valence-electron chi connectivity index (χ1n) is 7.13. The quantitative estimate of drug-likeness (QED) is 0.810. The van der Waals surface area contributed by atoms with Crippen LogP contribution in [0.5, 0.6) is 11.5 Å². The molecule has 1 unspecified atom stereocenters. The molecule has 0 aliphatic heterocycles. The molecule has 1 atom stereocenters. The lowest BCUT2D eigenvalue weighted by atomic mass is 10.0. The molecule has 0 spiro atoms. The Kier molecular flexibility index (Phi) is 6.03. The third-order valence-electron chi connectivity index (χ3n) is 3.44. The van der Waals surface area contributed by atoms with Crippen molar-refractivity contribution in [1.82, 2.24) is 10.6 Å². The second-order valence-corrected chi connectivity index (χ2v) is 5.46. The topological polar surface area (TPSA) is 59.6 Å². The van der Waals surface area contributed by atoms with Crippen molar-refractivity contribution in [2.24, 2.45) is 0 Å². The number of nitrogens with one attached hydrogen (secondary N) is 2. The molecule has 5 heteroatoms. The van der Waals surface area contributed by atoms with E-state index in [9.17, 15) is 4.79 Å². The van der Waals surface area contributed by atoms with Crippen LogP contribution in [-0.2, 0) is 4.79 Å². The Morgan fingerprint density at radius 1 is 1.29 bits per heavy atom. The normalized spacial score (nSPS) is 12.7. The lowest BCUT2D eigenvalue weighted by Gasteiger charge is -2.27. The zero-order valence-corrected chi connectivity index (χ0v) is 13.7. The van der Waals surface area contributed by atoms with E-state index in [-0.39, 0.29) is 11.9 Å². The van der Waals surface area contributed by atoms with Gasteiger partial charge in [-0.1, -0.05) is 6.92 Å². The molecule has 0 heterocycles. The maximum atomic E-state index is 12.3. The monoisotopic (exact) mass is 294 g/mol. The Balaban J connectivity index is 2.89. The summed E-state index contributed by atoms with van der Waals surface area (Å²) < 4.78 is 10.6. The number of ether oxygens (including phenoxy) is 2. The van der Waals surface area contributed by atoms with E-state index in [2.05, 4.69) is 10.6 Å². The van der Waals surface area contributed by atoms with Crippen molar-refractivity contribution in [3.8, 4) is 11.5 Å². The first-order chi connectivity index (χ1) is 9.85. The van der Waals surface area contributed by atoms with Crippen molar-refractivity contribution < 1.29 is 14.3 Å². The first kappa shape index (κ1) is 17.3. The lowest BCUT2D eigenvalue weighted by Crippen LogP contribution is -2.53. The van der Waals surface area contributed by atoms with Crippen LogP contribution in [0.4, 0.5) is 0 Å². The molecule has 0 bridgehead atoms. The number of hydrogen-bond acceptors (Lipinski definition) is 4. The molecular weight excluding hydrogens is 268 g/mol. The zero-order chi connectivity index (χ0) is 16.0. The van der Waals surface area contributed by atoms with Gasteiger partial charge in [-0.2, -0.15) is 0 Å². The standard InChI is InChI=1S/C16H26N2O3/c1-7-17-16(3,4)15(19)18-11(2)13-9-8-12(20-5)10-14(13)21-6/h8-11,17H,7H2,1-6H3,(H,18,19). The van der Waals surface area contributed by atoms with Crippen LogP contribution in [0.3, 0.4) is 0 Å². The van der Waals surface area contributed by atoms with Gasteiger partial charge in [-0.25, -0.2) is 0 Å². The number of rotatable bonds is 7. The third kappa shape index (κ3) is 4.36. The van der Waals surface area contributed by atoms with E-state index in [0.29, 0.717) is 5.75 Å². The summed E-state index contributed by atoms with van der Waals surface area (Å²) >= 11 is 0. The van der Waals surface area contributed by atoms with Crippen LogP contribution in [0.2, 0.25) is 0 Å². The molecule has 118 valence electrons. The number of amides is 1. The summed E-state index contributed by atoms with van der Waals surface area (Å²) in [5.74, 6) is 1.38. The van der Waals surface area contributed by atoms with Gasteiger partial charge in [0.05, 0.1) is 25.8 Å². The molecule has 0 saturated heterocycles. The summed E-state index contributed by atoms with van der Waals surface area (Å²) in [6, 6.07) is 5.42. The lowest BCUT2D eigenvalue weighted by molar-refractivity contribution is -0.127.